The molecule has 0 bridgehead atoms. The smallest absolute Gasteiger partial charge is 0.269 e. The molecule has 1 aromatic carbocycles. The van der Waals surface area contributed by atoms with E-state index in [-0.39, 0.29) is 16.0 Å². The molecule has 104 valence electrons. The SMILES string of the molecule is Cc1cc([N+](=O)[O-])ccc1NC1CCCCC1(C)C. The van der Waals surface area contributed by atoms with Crippen molar-refractivity contribution in [3.05, 3.63) is 33.9 Å². The lowest BCUT2D eigenvalue weighted by molar-refractivity contribution is -0.384. The van der Waals surface area contributed by atoms with Gasteiger partial charge in [-0.1, -0.05) is 26.7 Å². The van der Waals surface area contributed by atoms with Crippen molar-refractivity contribution in [3.63, 3.8) is 0 Å². The van der Waals surface area contributed by atoms with Gasteiger partial charge in [0.05, 0.1) is 4.92 Å². The van der Waals surface area contributed by atoms with Crippen LogP contribution in [0.4, 0.5) is 11.4 Å². The summed E-state index contributed by atoms with van der Waals surface area (Å²) >= 11 is 0. The van der Waals surface area contributed by atoms with E-state index in [1.54, 1.807) is 12.1 Å². The maximum Gasteiger partial charge on any atom is 0.269 e. The highest BCUT2D eigenvalue weighted by molar-refractivity contribution is 5.56. The second-order valence-electron chi connectivity index (χ2n) is 6.19. The number of nitro groups is 1. The third-order valence-corrected chi connectivity index (χ3v) is 4.26. The van der Waals surface area contributed by atoms with Crippen LogP contribution in [0.15, 0.2) is 18.2 Å². The summed E-state index contributed by atoms with van der Waals surface area (Å²) in [7, 11) is 0. The Labute approximate surface area is 114 Å². The van der Waals surface area contributed by atoms with E-state index in [1.165, 1.54) is 25.7 Å². The van der Waals surface area contributed by atoms with E-state index in [4.69, 9.17) is 0 Å². The zero-order valence-corrected chi connectivity index (χ0v) is 11.9. The van der Waals surface area contributed by atoms with Crippen molar-refractivity contribution in [2.24, 2.45) is 5.41 Å². The minimum Gasteiger partial charge on any atom is -0.382 e. The third-order valence-electron chi connectivity index (χ3n) is 4.26. The lowest BCUT2D eigenvalue weighted by atomic mass is 9.73. The summed E-state index contributed by atoms with van der Waals surface area (Å²) in [5.74, 6) is 0. The fraction of sp³-hybridized carbons (Fsp3) is 0.600. The molecule has 1 fully saturated rings. The van der Waals surface area contributed by atoms with Gasteiger partial charge in [-0.3, -0.25) is 10.1 Å². The van der Waals surface area contributed by atoms with Crippen LogP contribution < -0.4 is 5.32 Å². The van der Waals surface area contributed by atoms with Gasteiger partial charge in [-0.25, -0.2) is 0 Å². The van der Waals surface area contributed by atoms with Gasteiger partial charge in [-0.2, -0.15) is 0 Å². The van der Waals surface area contributed by atoms with E-state index >= 15 is 0 Å². The summed E-state index contributed by atoms with van der Waals surface area (Å²) in [5.41, 5.74) is 2.40. The number of rotatable bonds is 3. The fourth-order valence-corrected chi connectivity index (χ4v) is 2.87. The van der Waals surface area contributed by atoms with Crippen LogP contribution in [0, 0.1) is 22.5 Å². The predicted octanol–water partition coefficient (Wildman–Crippen LogP) is 4.28. The van der Waals surface area contributed by atoms with Gasteiger partial charge in [0.25, 0.3) is 5.69 Å². The number of aryl methyl sites for hydroxylation is 1. The molecule has 0 aliphatic heterocycles. The van der Waals surface area contributed by atoms with Crippen molar-refractivity contribution in [1.29, 1.82) is 0 Å². The molecule has 1 aromatic rings. The molecule has 0 heterocycles. The van der Waals surface area contributed by atoms with Gasteiger partial charge in [0, 0.05) is 23.9 Å². The summed E-state index contributed by atoms with van der Waals surface area (Å²) in [6.45, 7) is 6.51. The van der Waals surface area contributed by atoms with Crippen LogP contribution in [0.2, 0.25) is 0 Å². The minimum absolute atomic E-state index is 0.158. The Morgan fingerprint density at radius 3 is 2.68 bits per heavy atom. The zero-order valence-electron chi connectivity index (χ0n) is 11.9. The molecule has 4 nitrogen and oxygen atoms in total. The summed E-state index contributed by atoms with van der Waals surface area (Å²) < 4.78 is 0. The van der Waals surface area contributed by atoms with Crippen molar-refractivity contribution in [1.82, 2.24) is 0 Å². The first-order valence-electron chi connectivity index (χ1n) is 6.92. The molecule has 0 amide bonds. The molecule has 0 spiro atoms. The Morgan fingerprint density at radius 2 is 2.11 bits per heavy atom. The first-order valence-corrected chi connectivity index (χ1v) is 6.92. The van der Waals surface area contributed by atoms with Crippen molar-refractivity contribution < 1.29 is 4.92 Å². The molecule has 0 radical (unpaired) electrons. The number of non-ortho nitro benzene ring substituents is 1. The Bertz CT molecular complexity index is 483. The summed E-state index contributed by atoms with van der Waals surface area (Å²) in [5, 5.41) is 14.3. The van der Waals surface area contributed by atoms with E-state index in [0.29, 0.717) is 6.04 Å². The number of nitrogens with one attached hydrogen (secondary N) is 1. The lowest BCUT2D eigenvalue weighted by Gasteiger charge is -2.40. The second kappa shape index (κ2) is 5.19. The molecule has 19 heavy (non-hydrogen) atoms. The van der Waals surface area contributed by atoms with E-state index in [1.807, 2.05) is 13.0 Å². The van der Waals surface area contributed by atoms with Crippen LogP contribution in [-0.2, 0) is 0 Å². The second-order valence-corrected chi connectivity index (χ2v) is 6.19. The summed E-state index contributed by atoms with van der Waals surface area (Å²) in [6, 6.07) is 5.49. The van der Waals surface area contributed by atoms with Crippen molar-refractivity contribution in [2.75, 3.05) is 5.32 Å². The van der Waals surface area contributed by atoms with E-state index < -0.39 is 0 Å². The molecule has 2 rings (SSSR count). The van der Waals surface area contributed by atoms with Gasteiger partial charge < -0.3 is 5.32 Å². The maximum absolute atomic E-state index is 10.7. The highest BCUT2D eigenvalue weighted by Gasteiger charge is 2.32. The molecule has 0 aromatic heterocycles. The third kappa shape index (κ3) is 3.06. The number of anilines is 1. The quantitative estimate of drug-likeness (QED) is 0.653. The Morgan fingerprint density at radius 1 is 1.37 bits per heavy atom. The zero-order chi connectivity index (χ0) is 14.0. The first kappa shape index (κ1) is 13.8. The van der Waals surface area contributed by atoms with Crippen LogP contribution in [-0.4, -0.2) is 11.0 Å². The Kier molecular flexibility index (Phi) is 3.78. The van der Waals surface area contributed by atoms with Gasteiger partial charge in [0.2, 0.25) is 0 Å². The predicted molar refractivity (Wildman–Crippen MR) is 77.5 cm³/mol. The summed E-state index contributed by atoms with van der Waals surface area (Å²) in [4.78, 5) is 10.4. The van der Waals surface area contributed by atoms with Gasteiger partial charge in [0.15, 0.2) is 0 Å². The normalized spacial score (nSPS) is 21.9. The minimum atomic E-state index is -0.346. The molecular weight excluding hydrogens is 240 g/mol. The summed E-state index contributed by atoms with van der Waals surface area (Å²) in [6.07, 6.45) is 4.96. The number of nitrogens with zero attached hydrogens (tertiary/aromatic N) is 1. The number of nitro benzene ring substituents is 1. The van der Waals surface area contributed by atoms with Gasteiger partial charge in [-0.15, -0.1) is 0 Å². The molecule has 1 aliphatic carbocycles. The van der Waals surface area contributed by atoms with Gasteiger partial charge in [-0.05, 0) is 36.8 Å². The highest BCUT2D eigenvalue weighted by atomic mass is 16.6. The number of hydrogen-bond donors (Lipinski definition) is 1. The largest absolute Gasteiger partial charge is 0.382 e. The van der Waals surface area contributed by atoms with E-state index in [0.717, 1.165) is 11.3 Å². The number of hydrogen-bond acceptors (Lipinski definition) is 3. The molecule has 1 saturated carbocycles. The average molecular weight is 262 g/mol. The Balaban J connectivity index is 2.17. The standard InChI is InChI=1S/C15H22N2O2/c1-11-10-12(17(18)19)7-8-13(11)16-14-6-4-5-9-15(14,2)3/h7-8,10,14,16H,4-6,9H2,1-3H3. The lowest BCUT2D eigenvalue weighted by Crippen LogP contribution is -2.39. The maximum atomic E-state index is 10.7. The molecular formula is C15H22N2O2. The molecule has 1 N–H and O–H groups in total. The van der Waals surface area contributed by atoms with Gasteiger partial charge >= 0.3 is 0 Å². The van der Waals surface area contributed by atoms with Crippen LogP contribution in [0.25, 0.3) is 0 Å². The monoisotopic (exact) mass is 262 g/mol. The van der Waals surface area contributed by atoms with Crippen molar-refractivity contribution in [3.8, 4) is 0 Å². The van der Waals surface area contributed by atoms with E-state index in [2.05, 4.69) is 19.2 Å². The van der Waals surface area contributed by atoms with Crippen LogP contribution >= 0.6 is 0 Å². The van der Waals surface area contributed by atoms with Crippen molar-refractivity contribution >= 4 is 11.4 Å². The molecule has 1 aliphatic rings. The number of benzene rings is 1. The first-order chi connectivity index (χ1) is 8.90. The average Bonchev–Trinajstić information content (AvgIpc) is 2.33. The topological polar surface area (TPSA) is 55.2 Å². The highest BCUT2D eigenvalue weighted by Crippen LogP contribution is 2.37. The van der Waals surface area contributed by atoms with Crippen molar-refractivity contribution in [2.45, 2.75) is 52.5 Å². The van der Waals surface area contributed by atoms with Crippen LogP contribution in [0.1, 0.15) is 45.1 Å². The fourth-order valence-electron chi connectivity index (χ4n) is 2.87. The molecule has 4 heteroatoms. The molecule has 0 saturated heterocycles. The molecule has 1 atom stereocenters. The van der Waals surface area contributed by atoms with Crippen LogP contribution in [0.5, 0.6) is 0 Å². The Hall–Kier alpha value is -1.58. The van der Waals surface area contributed by atoms with Crippen LogP contribution in [0.3, 0.4) is 0 Å². The molecule has 1 unspecified atom stereocenters. The van der Waals surface area contributed by atoms with Gasteiger partial charge in [0.1, 0.15) is 0 Å². The van der Waals surface area contributed by atoms with E-state index in [9.17, 15) is 10.1 Å².